The van der Waals surface area contributed by atoms with Crippen LogP contribution in [0, 0.1) is 5.92 Å². The van der Waals surface area contributed by atoms with Gasteiger partial charge in [-0.1, -0.05) is 18.2 Å². The minimum atomic E-state index is 0.330. The predicted molar refractivity (Wildman–Crippen MR) is 137 cm³/mol. The van der Waals surface area contributed by atoms with Crippen LogP contribution in [-0.4, -0.2) is 36.5 Å². The highest BCUT2D eigenvalue weighted by Gasteiger charge is 2.31. The Labute approximate surface area is 200 Å². The van der Waals surface area contributed by atoms with E-state index in [1.165, 1.54) is 37.7 Å². The zero-order valence-electron chi connectivity index (χ0n) is 19.1. The molecule has 0 radical (unpaired) electrons. The number of hydrogen-bond donors (Lipinski definition) is 1. The van der Waals surface area contributed by atoms with Gasteiger partial charge in [-0.3, -0.25) is 9.79 Å². The zero-order valence-corrected chi connectivity index (χ0v) is 19.9. The normalized spacial score (nSPS) is 22.2. The molecule has 4 nitrogen and oxygen atoms in total. The molecule has 0 spiro atoms. The van der Waals surface area contributed by atoms with Gasteiger partial charge in [0.2, 0.25) is 0 Å². The van der Waals surface area contributed by atoms with Crippen LogP contribution >= 0.6 is 11.3 Å². The number of allylic oxidation sites excluding steroid dienone is 2. The van der Waals surface area contributed by atoms with Gasteiger partial charge in [-0.2, -0.15) is 0 Å². The van der Waals surface area contributed by atoms with Crippen LogP contribution in [0.3, 0.4) is 0 Å². The Hall–Kier alpha value is -2.50. The fourth-order valence-electron chi connectivity index (χ4n) is 5.28. The number of rotatable bonds is 4. The minimum absolute atomic E-state index is 0.330. The molecule has 170 valence electrons. The second-order valence-corrected chi connectivity index (χ2v) is 10.8. The summed E-state index contributed by atoms with van der Waals surface area (Å²) in [5.41, 5.74) is 7.80. The fourth-order valence-corrected chi connectivity index (χ4v) is 6.46. The van der Waals surface area contributed by atoms with Crippen LogP contribution in [0.25, 0.3) is 16.1 Å². The van der Waals surface area contributed by atoms with Crippen molar-refractivity contribution in [1.29, 1.82) is 0 Å². The van der Waals surface area contributed by atoms with Crippen LogP contribution in [0.15, 0.2) is 47.0 Å². The van der Waals surface area contributed by atoms with Crippen LogP contribution in [-0.2, 0) is 24.3 Å². The van der Waals surface area contributed by atoms with Gasteiger partial charge in [0.25, 0.3) is 0 Å². The number of Topliss-reactive ketones (excluding diaryl/α,β-unsaturated/α-hetero) is 1. The molecule has 6 rings (SSSR count). The van der Waals surface area contributed by atoms with Crippen LogP contribution in [0.5, 0.6) is 0 Å². The number of fused-ring (bicyclic) bond motifs is 2. The molecule has 1 aromatic heterocycles. The summed E-state index contributed by atoms with van der Waals surface area (Å²) in [7, 11) is 0. The maximum absolute atomic E-state index is 12.5. The lowest BCUT2D eigenvalue weighted by atomic mass is 9.96. The SMILES string of the molecule is O=C(/C1=C\CCN(C2=CC=NCc3ccc(-c4cc5c(s4)CNCC5)cc32)CCC1)C1CC1. The summed E-state index contributed by atoms with van der Waals surface area (Å²) in [6.07, 6.45) is 12.6. The maximum Gasteiger partial charge on any atom is 0.161 e. The monoisotopic (exact) mass is 457 g/mol. The highest BCUT2D eigenvalue weighted by Crippen LogP contribution is 2.37. The molecular weight excluding hydrogens is 426 g/mol. The molecule has 4 aliphatic rings. The van der Waals surface area contributed by atoms with Crippen molar-refractivity contribution in [2.24, 2.45) is 10.9 Å². The molecule has 0 amide bonds. The quantitative estimate of drug-likeness (QED) is 0.671. The molecular formula is C28H31N3OS. The van der Waals surface area contributed by atoms with Gasteiger partial charge in [-0.25, -0.2) is 0 Å². The number of thiophene rings is 1. The van der Waals surface area contributed by atoms with E-state index < -0.39 is 0 Å². The van der Waals surface area contributed by atoms with Crippen molar-refractivity contribution < 1.29 is 4.79 Å². The summed E-state index contributed by atoms with van der Waals surface area (Å²) in [4.78, 5) is 22.5. The lowest BCUT2D eigenvalue weighted by Crippen LogP contribution is -2.27. The van der Waals surface area contributed by atoms with Gasteiger partial charge in [-0.15, -0.1) is 11.3 Å². The third-order valence-electron chi connectivity index (χ3n) is 7.29. The van der Waals surface area contributed by atoms with Gasteiger partial charge < -0.3 is 10.2 Å². The van der Waals surface area contributed by atoms with E-state index in [1.54, 1.807) is 0 Å². The van der Waals surface area contributed by atoms with E-state index >= 15 is 0 Å². The van der Waals surface area contributed by atoms with E-state index in [2.05, 4.69) is 51.6 Å². The number of hydrogen-bond acceptors (Lipinski definition) is 5. The molecule has 1 saturated carbocycles. The Morgan fingerprint density at radius 3 is 2.94 bits per heavy atom. The standard InChI is InChI=1S/C28H31N3OS/c32-28(20-5-6-20)19-3-1-13-31(14-2-4-19)25-10-12-29-17-23-8-7-21(15-24(23)25)26-16-22-9-11-30-18-27(22)33-26/h3,7-8,10,12,15-16,20,30H,1-2,4-6,9,11,13-14,17-18H2/b19-3-. The summed E-state index contributed by atoms with van der Waals surface area (Å²) in [5.74, 6) is 0.754. The van der Waals surface area contributed by atoms with Crippen molar-refractivity contribution in [2.75, 3.05) is 19.6 Å². The second-order valence-electron chi connectivity index (χ2n) is 9.65. The van der Waals surface area contributed by atoms with Crippen LogP contribution in [0.4, 0.5) is 0 Å². The Bertz CT molecular complexity index is 1140. The van der Waals surface area contributed by atoms with Gasteiger partial charge >= 0.3 is 0 Å². The maximum atomic E-state index is 12.5. The molecule has 1 N–H and O–H groups in total. The molecule has 33 heavy (non-hydrogen) atoms. The summed E-state index contributed by atoms with van der Waals surface area (Å²) in [6, 6.07) is 9.33. The Balaban J connectivity index is 1.28. The molecule has 1 aliphatic carbocycles. The number of carbonyl (C=O) groups is 1. The number of ketones is 1. The molecule has 1 fully saturated rings. The topological polar surface area (TPSA) is 44.7 Å². The van der Waals surface area contributed by atoms with Gasteiger partial charge in [0.1, 0.15) is 0 Å². The van der Waals surface area contributed by atoms with Gasteiger partial charge in [0.05, 0.1) is 6.54 Å². The van der Waals surface area contributed by atoms with E-state index in [9.17, 15) is 4.79 Å². The van der Waals surface area contributed by atoms with Crippen LogP contribution < -0.4 is 5.32 Å². The Morgan fingerprint density at radius 1 is 1.12 bits per heavy atom. The van der Waals surface area contributed by atoms with Crippen LogP contribution in [0.2, 0.25) is 0 Å². The first-order valence-electron chi connectivity index (χ1n) is 12.4. The van der Waals surface area contributed by atoms with Crippen molar-refractivity contribution in [3.63, 3.8) is 0 Å². The highest BCUT2D eigenvalue weighted by atomic mass is 32.1. The van der Waals surface area contributed by atoms with E-state index in [0.29, 0.717) is 11.7 Å². The Kier molecular flexibility index (Phi) is 5.77. The van der Waals surface area contributed by atoms with E-state index in [4.69, 9.17) is 0 Å². The molecule has 0 saturated heterocycles. The minimum Gasteiger partial charge on any atom is -0.371 e. The van der Waals surface area contributed by atoms with Crippen molar-refractivity contribution in [3.8, 4) is 10.4 Å². The van der Waals surface area contributed by atoms with E-state index in [0.717, 1.165) is 76.8 Å². The lowest BCUT2D eigenvalue weighted by molar-refractivity contribution is -0.116. The number of aliphatic imine (C=N–C) groups is 1. The number of nitrogens with zero attached hydrogens (tertiary/aromatic N) is 2. The summed E-state index contributed by atoms with van der Waals surface area (Å²) >= 11 is 1.93. The molecule has 2 aromatic rings. The largest absolute Gasteiger partial charge is 0.371 e. The third-order valence-corrected chi connectivity index (χ3v) is 8.52. The zero-order chi connectivity index (χ0) is 22.2. The van der Waals surface area contributed by atoms with E-state index in [-0.39, 0.29) is 0 Å². The third kappa shape index (κ3) is 4.36. The first kappa shape index (κ1) is 21.1. The first-order chi connectivity index (χ1) is 16.3. The summed E-state index contributed by atoms with van der Waals surface area (Å²) in [6.45, 7) is 4.74. The molecule has 4 heterocycles. The second kappa shape index (κ2) is 9.03. The summed E-state index contributed by atoms with van der Waals surface area (Å²) < 4.78 is 0. The van der Waals surface area contributed by atoms with Gasteiger partial charge in [0.15, 0.2) is 5.78 Å². The Morgan fingerprint density at radius 2 is 2.06 bits per heavy atom. The molecule has 1 aromatic carbocycles. The summed E-state index contributed by atoms with van der Waals surface area (Å²) in [5, 5.41) is 3.50. The number of nitrogens with one attached hydrogen (secondary N) is 1. The number of benzene rings is 1. The highest BCUT2D eigenvalue weighted by molar-refractivity contribution is 7.15. The van der Waals surface area contributed by atoms with Crippen molar-refractivity contribution in [2.45, 2.75) is 51.6 Å². The van der Waals surface area contributed by atoms with Gasteiger partial charge in [-0.05, 0) is 85.5 Å². The average molecular weight is 458 g/mol. The molecule has 0 bridgehead atoms. The van der Waals surface area contributed by atoms with Crippen molar-refractivity contribution >= 4 is 29.0 Å². The molecule has 5 heteroatoms. The van der Waals surface area contributed by atoms with Gasteiger partial charge in [0, 0.05) is 52.8 Å². The number of carbonyl (C=O) groups excluding carboxylic acids is 1. The lowest BCUT2D eigenvalue weighted by Gasteiger charge is -2.30. The fraction of sp³-hybridized carbons (Fsp3) is 0.429. The predicted octanol–water partition coefficient (Wildman–Crippen LogP) is 5.38. The molecule has 0 unspecified atom stereocenters. The van der Waals surface area contributed by atoms with Crippen LogP contribution in [0.1, 0.15) is 53.7 Å². The molecule has 3 aliphatic heterocycles. The van der Waals surface area contributed by atoms with E-state index in [1.807, 2.05) is 17.6 Å². The average Bonchev–Trinajstić information content (AvgIpc) is 3.61. The molecule has 0 atom stereocenters. The van der Waals surface area contributed by atoms with Crippen molar-refractivity contribution in [3.05, 3.63) is 63.6 Å². The smallest absolute Gasteiger partial charge is 0.161 e. The van der Waals surface area contributed by atoms with Crippen molar-refractivity contribution in [1.82, 2.24) is 10.2 Å². The first-order valence-corrected chi connectivity index (χ1v) is 13.2.